The largest absolute Gasteiger partial charge is 0.444 e. The lowest BCUT2D eigenvalue weighted by Crippen LogP contribution is -2.50. The Labute approximate surface area is 290 Å². The summed E-state index contributed by atoms with van der Waals surface area (Å²) in [4.78, 5) is 48.5. The molecule has 1 aliphatic rings. The van der Waals surface area contributed by atoms with Crippen molar-refractivity contribution in [2.24, 2.45) is 0 Å². The molecule has 1 aliphatic heterocycles. The first-order chi connectivity index (χ1) is 23.0. The van der Waals surface area contributed by atoms with Gasteiger partial charge in [-0.2, -0.15) is 0 Å². The van der Waals surface area contributed by atoms with E-state index in [1.54, 1.807) is 30.3 Å². The molecule has 260 valence electrons. The SMILES string of the molecule is CC(C)(C)OC(=O)N1[C@H](Cc2ccc(C(=O)NCc3nc4ccccc4c(=O)[nH]3)cc2)CC[C@@H]1[C@H](O[Si](C)(C)C(C)(C)C)c1ccccc1. The Morgan fingerprint density at radius 1 is 0.939 bits per heavy atom. The first kappa shape index (κ1) is 36.0. The van der Waals surface area contributed by atoms with E-state index in [0.29, 0.717) is 28.7 Å². The predicted octanol–water partition coefficient (Wildman–Crippen LogP) is 7.93. The average Bonchev–Trinajstić information content (AvgIpc) is 3.45. The van der Waals surface area contributed by atoms with Gasteiger partial charge in [0.05, 0.1) is 29.6 Å². The molecular weight excluding hydrogens is 633 g/mol. The van der Waals surface area contributed by atoms with E-state index in [-0.39, 0.29) is 47.3 Å². The first-order valence-electron chi connectivity index (χ1n) is 17.1. The number of carbonyl (C=O) groups is 2. The van der Waals surface area contributed by atoms with Gasteiger partial charge < -0.3 is 19.5 Å². The van der Waals surface area contributed by atoms with Gasteiger partial charge in [0.25, 0.3) is 11.5 Å². The highest BCUT2D eigenvalue weighted by Crippen LogP contribution is 2.44. The number of aromatic nitrogens is 2. The van der Waals surface area contributed by atoms with Gasteiger partial charge >= 0.3 is 6.09 Å². The molecule has 0 unspecified atom stereocenters. The number of ether oxygens (including phenoxy) is 1. The number of hydrogen-bond donors (Lipinski definition) is 2. The normalized spacial score (nSPS) is 17.6. The second-order valence-electron chi connectivity index (χ2n) is 15.5. The zero-order valence-corrected chi connectivity index (χ0v) is 31.0. The summed E-state index contributed by atoms with van der Waals surface area (Å²) in [5, 5.41) is 3.35. The third-order valence-electron chi connectivity index (χ3n) is 9.62. The van der Waals surface area contributed by atoms with Crippen molar-refractivity contribution in [3.63, 3.8) is 0 Å². The molecule has 1 saturated heterocycles. The number of nitrogens with one attached hydrogen (secondary N) is 2. The molecule has 9 nitrogen and oxygen atoms in total. The summed E-state index contributed by atoms with van der Waals surface area (Å²) in [6, 6.07) is 24.5. The van der Waals surface area contributed by atoms with Gasteiger partial charge in [0.2, 0.25) is 0 Å². The van der Waals surface area contributed by atoms with Gasteiger partial charge in [-0.15, -0.1) is 0 Å². The summed E-state index contributed by atoms with van der Waals surface area (Å²) in [7, 11) is -2.22. The number of amides is 2. The number of para-hydroxylation sites is 1. The van der Waals surface area contributed by atoms with Crippen LogP contribution in [0.4, 0.5) is 4.79 Å². The number of fused-ring (bicyclic) bond motifs is 1. The molecule has 5 rings (SSSR count). The van der Waals surface area contributed by atoms with Crippen LogP contribution in [0, 0.1) is 0 Å². The molecule has 3 aromatic carbocycles. The number of nitrogens with zero attached hydrogens (tertiary/aromatic N) is 2. The quantitative estimate of drug-likeness (QED) is 0.173. The van der Waals surface area contributed by atoms with Crippen molar-refractivity contribution in [2.75, 3.05) is 0 Å². The fraction of sp³-hybridized carbons (Fsp3) is 0.436. The maximum atomic E-state index is 14.0. The smallest absolute Gasteiger partial charge is 0.410 e. The number of likely N-dealkylation sites (tertiary alicyclic amines) is 1. The van der Waals surface area contributed by atoms with Crippen LogP contribution in [0.3, 0.4) is 0 Å². The molecule has 1 fully saturated rings. The summed E-state index contributed by atoms with van der Waals surface area (Å²) < 4.78 is 13.1. The zero-order chi connectivity index (χ0) is 35.6. The van der Waals surface area contributed by atoms with E-state index in [1.807, 2.05) is 62.1 Å². The monoisotopic (exact) mass is 682 g/mol. The summed E-state index contributed by atoms with van der Waals surface area (Å²) >= 11 is 0. The predicted molar refractivity (Wildman–Crippen MR) is 196 cm³/mol. The molecule has 10 heteroatoms. The highest BCUT2D eigenvalue weighted by atomic mass is 28.4. The summed E-state index contributed by atoms with van der Waals surface area (Å²) in [6.45, 7) is 17.0. The molecule has 3 atom stereocenters. The van der Waals surface area contributed by atoms with Gasteiger partial charge in [-0.25, -0.2) is 9.78 Å². The fourth-order valence-corrected chi connectivity index (χ4v) is 7.34. The van der Waals surface area contributed by atoms with Gasteiger partial charge in [-0.3, -0.25) is 14.5 Å². The molecule has 4 aromatic rings. The Hall–Kier alpha value is -4.28. The molecule has 0 radical (unpaired) electrons. The number of rotatable bonds is 9. The Balaban J connectivity index is 1.34. The van der Waals surface area contributed by atoms with Crippen LogP contribution in [0.1, 0.15) is 87.8 Å². The highest BCUT2D eigenvalue weighted by Gasteiger charge is 2.47. The van der Waals surface area contributed by atoms with Gasteiger partial charge in [-0.05, 0) is 93.6 Å². The zero-order valence-electron chi connectivity index (χ0n) is 30.0. The van der Waals surface area contributed by atoms with Crippen LogP contribution in [-0.4, -0.2) is 52.9 Å². The first-order valence-corrected chi connectivity index (χ1v) is 20.0. The van der Waals surface area contributed by atoms with E-state index < -0.39 is 13.9 Å². The Morgan fingerprint density at radius 3 is 2.24 bits per heavy atom. The second kappa shape index (κ2) is 14.3. The summed E-state index contributed by atoms with van der Waals surface area (Å²) in [5.74, 6) is 0.116. The van der Waals surface area contributed by atoms with Crippen LogP contribution in [0.2, 0.25) is 18.1 Å². The molecule has 1 aromatic heterocycles. The van der Waals surface area contributed by atoms with Gasteiger partial charge in [0.1, 0.15) is 11.4 Å². The third kappa shape index (κ3) is 8.66. The summed E-state index contributed by atoms with van der Waals surface area (Å²) in [6.07, 6.45) is 1.56. The lowest BCUT2D eigenvalue weighted by Gasteiger charge is -2.43. The van der Waals surface area contributed by atoms with Crippen molar-refractivity contribution in [1.29, 1.82) is 0 Å². The van der Waals surface area contributed by atoms with Crippen molar-refractivity contribution in [1.82, 2.24) is 20.2 Å². The minimum Gasteiger partial charge on any atom is -0.444 e. The highest BCUT2D eigenvalue weighted by molar-refractivity contribution is 6.74. The van der Waals surface area contributed by atoms with Gasteiger partial charge in [0, 0.05) is 11.6 Å². The van der Waals surface area contributed by atoms with Crippen LogP contribution in [-0.2, 0) is 22.1 Å². The average molecular weight is 683 g/mol. The van der Waals surface area contributed by atoms with E-state index in [1.165, 1.54) is 0 Å². The maximum Gasteiger partial charge on any atom is 0.410 e. The topological polar surface area (TPSA) is 114 Å². The fourth-order valence-electron chi connectivity index (χ4n) is 6.06. The van der Waals surface area contributed by atoms with E-state index in [9.17, 15) is 14.4 Å². The molecule has 0 spiro atoms. The van der Waals surface area contributed by atoms with E-state index >= 15 is 0 Å². The van der Waals surface area contributed by atoms with Crippen molar-refractivity contribution in [3.05, 3.63) is 112 Å². The molecule has 2 heterocycles. The minimum atomic E-state index is -2.22. The van der Waals surface area contributed by atoms with Crippen LogP contribution in [0.15, 0.2) is 83.7 Å². The van der Waals surface area contributed by atoms with Crippen LogP contribution in [0.5, 0.6) is 0 Å². The number of carbonyl (C=O) groups excluding carboxylic acids is 2. The van der Waals surface area contributed by atoms with Gasteiger partial charge in [-0.1, -0.05) is 75.4 Å². The molecule has 0 bridgehead atoms. The molecule has 0 aliphatic carbocycles. The van der Waals surface area contributed by atoms with Crippen molar-refractivity contribution in [2.45, 2.75) is 109 Å². The van der Waals surface area contributed by atoms with E-state index in [2.05, 4.69) is 61.3 Å². The lowest BCUT2D eigenvalue weighted by molar-refractivity contribution is -0.00239. The van der Waals surface area contributed by atoms with Crippen molar-refractivity contribution < 1.29 is 18.8 Å². The van der Waals surface area contributed by atoms with Crippen molar-refractivity contribution in [3.8, 4) is 0 Å². The number of H-pyrrole nitrogens is 1. The third-order valence-corrected chi connectivity index (χ3v) is 14.1. The van der Waals surface area contributed by atoms with E-state index in [0.717, 1.165) is 24.0 Å². The Bertz CT molecular complexity index is 1830. The molecule has 0 saturated carbocycles. The van der Waals surface area contributed by atoms with Crippen LogP contribution < -0.4 is 10.9 Å². The van der Waals surface area contributed by atoms with Crippen LogP contribution in [0.25, 0.3) is 10.9 Å². The Morgan fingerprint density at radius 2 is 1.59 bits per heavy atom. The number of hydrogen-bond acceptors (Lipinski definition) is 6. The van der Waals surface area contributed by atoms with Crippen LogP contribution >= 0.6 is 0 Å². The van der Waals surface area contributed by atoms with E-state index in [4.69, 9.17) is 9.16 Å². The standard InChI is InChI=1S/C39H50N4O5Si/c1-38(2,3)47-37(46)43-29(22-23-32(43)34(27-14-10-9-11-15-27)48-49(7,8)39(4,5)6)24-26-18-20-28(21-19-26)35(44)40-25-33-41-31-17-13-12-16-30(31)36(45)42-33/h9-21,29,32,34H,22-25H2,1-8H3,(H,40,44)(H,41,42,45)/t29-,32+,34+/m0/s1. The minimum absolute atomic E-state index is 0.00789. The molecule has 2 N–H and O–H groups in total. The molecular formula is C39H50N4O5Si. The second-order valence-corrected chi connectivity index (χ2v) is 20.3. The van der Waals surface area contributed by atoms with Gasteiger partial charge in [0.15, 0.2) is 8.32 Å². The maximum absolute atomic E-state index is 14.0. The number of aromatic amines is 1. The molecule has 49 heavy (non-hydrogen) atoms. The molecule has 2 amide bonds. The number of benzene rings is 3. The van der Waals surface area contributed by atoms with Crippen molar-refractivity contribution >= 4 is 31.2 Å². The Kier molecular flexibility index (Phi) is 10.5. The lowest BCUT2D eigenvalue weighted by atomic mass is 10.0. The summed E-state index contributed by atoms with van der Waals surface area (Å²) in [5.41, 5.74) is 2.25.